The molecule has 1 amide bonds. The molecule has 0 atom stereocenters. The second-order valence-corrected chi connectivity index (χ2v) is 5.12. The second-order valence-electron chi connectivity index (χ2n) is 5.12. The van der Waals surface area contributed by atoms with E-state index in [9.17, 15) is 9.18 Å². The van der Waals surface area contributed by atoms with Crippen molar-refractivity contribution in [1.29, 1.82) is 0 Å². The zero-order valence-corrected chi connectivity index (χ0v) is 12.7. The molecule has 7 heteroatoms. The fraction of sp³-hybridized carbons (Fsp3) is 0.118. The molecular weight excluding hydrogens is 311 g/mol. The van der Waals surface area contributed by atoms with Gasteiger partial charge in [-0.2, -0.15) is 9.90 Å². The molecular formula is C17H15FN4O2. The van der Waals surface area contributed by atoms with Gasteiger partial charge in [0.15, 0.2) is 5.69 Å². The molecule has 2 N–H and O–H groups in total. The van der Waals surface area contributed by atoms with Gasteiger partial charge in [-0.05, 0) is 29.8 Å². The van der Waals surface area contributed by atoms with Crippen molar-refractivity contribution in [3.05, 3.63) is 77.4 Å². The molecule has 0 unspecified atom stereocenters. The molecule has 3 rings (SSSR count). The zero-order chi connectivity index (χ0) is 16.9. The Labute approximate surface area is 137 Å². The molecule has 0 saturated carbocycles. The Kier molecular flexibility index (Phi) is 4.62. The van der Waals surface area contributed by atoms with Gasteiger partial charge < -0.3 is 10.4 Å². The van der Waals surface area contributed by atoms with Crippen molar-refractivity contribution in [2.75, 3.05) is 0 Å². The Balaban J connectivity index is 1.67. The van der Waals surface area contributed by atoms with Crippen molar-refractivity contribution >= 4 is 5.91 Å². The molecule has 0 radical (unpaired) electrons. The number of halogens is 1. The van der Waals surface area contributed by atoms with Crippen LogP contribution in [0.3, 0.4) is 0 Å². The number of nitrogens with zero attached hydrogens (tertiary/aromatic N) is 3. The summed E-state index contributed by atoms with van der Waals surface area (Å²) >= 11 is 0. The summed E-state index contributed by atoms with van der Waals surface area (Å²) in [6.45, 7) is -0.191. The Hall–Kier alpha value is -3.06. The van der Waals surface area contributed by atoms with Crippen LogP contribution in [0.4, 0.5) is 4.39 Å². The molecule has 24 heavy (non-hydrogen) atoms. The quantitative estimate of drug-likeness (QED) is 0.749. The molecule has 1 aromatic heterocycles. The average Bonchev–Trinajstić information content (AvgIpc) is 3.12. The highest BCUT2D eigenvalue weighted by Gasteiger charge is 2.11. The first kappa shape index (κ1) is 15.8. The van der Waals surface area contributed by atoms with E-state index in [1.54, 1.807) is 6.07 Å². The summed E-state index contributed by atoms with van der Waals surface area (Å²) in [6, 6.07) is 13.6. The van der Waals surface area contributed by atoms with Gasteiger partial charge >= 0.3 is 0 Å². The fourth-order valence-electron chi connectivity index (χ4n) is 2.18. The van der Waals surface area contributed by atoms with Crippen LogP contribution in [-0.2, 0) is 13.2 Å². The molecule has 3 aromatic rings. The molecule has 0 bridgehead atoms. The van der Waals surface area contributed by atoms with Gasteiger partial charge in [0.05, 0.1) is 18.5 Å². The minimum absolute atomic E-state index is 0.184. The topological polar surface area (TPSA) is 80.0 Å². The second kappa shape index (κ2) is 7.01. The van der Waals surface area contributed by atoms with Crippen molar-refractivity contribution in [3.63, 3.8) is 0 Å². The number of aliphatic hydroxyl groups excluding tert-OH is 1. The van der Waals surface area contributed by atoms with E-state index >= 15 is 0 Å². The summed E-state index contributed by atoms with van der Waals surface area (Å²) in [6.07, 6.45) is 1.38. The Morgan fingerprint density at radius 2 is 2.00 bits per heavy atom. The first-order valence-corrected chi connectivity index (χ1v) is 7.31. The largest absolute Gasteiger partial charge is 0.392 e. The lowest BCUT2D eigenvalue weighted by Gasteiger charge is -2.06. The number of aromatic nitrogens is 3. The van der Waals surface area contributed by atoms with Gasteiger partial charge in [0.2, 0.25) is 0 Å². The van der Waals surface area contributed by atoms with E-state index in [4.69, 9.17) is 5.11 Å². The Morgan fingerprint density at radius 1 is 1.21 bits per heavy atom. The summed E-state index contributed by atoms with van der Waals surface area (Å²) < 4.78 is 13.3. The van der Waals surface area contributed by atoms with E-state index in [2.05, 4.69) is 15.5 Å². The highest BCUT2D eigenvalue weighted by Crippen LogP contribution is 2.11. The lowest BCUT2D eigenvalue weighted by atomic mass is 10.1. The van der Waals surface area contributed by atoms with E-state index in [1.807, 2.05) is 30.3 Å². The maximum Gasteiger partial charge on any atom is 0.273 e. The van der Waals surface area contributed by atoms with Gasteiger partial charge in [0.1, 0.15) is 5.82 Å². The number of nitrogens with one attached hydrogen (secondary N) is 1. The Bertz CT molecular complexity index is 849. The highest BCUT2D eigenvalue weighted by atomic mass is 19.1. The third-order valence-corrected chi connectivity index (χ3v) is 3.45. The lowest BCUT2D eigenvalue weighted by Crippen LogP contribution is -2.23. The molecule has 1 heterocycles. The van der Waals surface area contributed by atoms with Gasteiger partial charge in [-0.25, -0.2) is 4.39 Å². The number of hydrogen-bond acceptors (Lipinski definition) is 4. The summed E-state index contributed by atoms with van der Waals surface area (Å²) in [7, 11) is 0. The van der Waals surface area contributed by atoms with Crippen LogP contribution >= 0.6 is 0 Å². The van der Waals surface area contributed by atoms with E-state index in [0.29, 0.717) is 5.56 Å². The van der Waals surface area contributed by atoms with Crippen LogP contribution in [0.25, 0.3) is 5.69 Å². The SMILES string of the molecule is O=C(NCc1ccc(F)c(CO)c1)c1cnn(-c2ccccc2)n1. The highest BCUT2D eigenvalue weighted by molar-refractivity contribution is 5.91. The van der Waals surface area contributed by atoms with Crippen LogP contribution in [0.5, 0.6) is 0 Å². The van der Waals surface area contributed by atoms with E-state index in [0.717, 1.165) is 5.69 Å². The maximum atomic E-state index is 13.3. The van der Waals surface area contributed by atoms with Crippen molar-refractivity contribution in [1.82, 2.24) is 20.3 Å². The van der Waals surface area contributed by atoms with Gasteiger partial charge in [-0.15, -0.1) is 5.10 Å². The molecule has 0 saturated heterocycles. The minimum atomic E-state index is -0.474. The molecule has 0 fully saturated rings. The third-order valence-electron chi connectivity index (χ3n) is 3.45. The van der Waals surface area contributed by atoms with E-state index in [1.165, 1.54) is 23.1 Å². The fourth-order valence-corrected chi connectivity index (χ4v) is 2.18. The zero-order valence-electron chi connectivity index (χ0n) is 12.7. The van der Waals surface area contributed by atoms with Crippen LogP contribution in [0.2, 0.25) is 0 Å². The minimum Gasteiger partial charge on any atom is -0.392 e. The number of rotatable bonds is 5. The van der Waals surface area contributed by atoms with Crippen molar-refractivity contribution in [2.24, 2.45) is 0 Å². The first-order valence-electron chi connectivity index (χ1n) is 7.31. The van der Waals surface area contributed by atoms with E-state index in [-0.39, 0.29) is 30.3 Å². The van der Waals surface area contributed by atoms with Crippen molar-refractivity contribution in [3.8, 4) is 5.69 Å². The molecule has 122 valence electrons. The molecule has 0 aliphatic heterocycles. The monoisotopic (exact) mass is 326 g/mol. The average molecular weight is 326 g/mol. The molecule has 0 spiro atoms. The molecule has 0 aliphatic rings. The molecule has 0 aliphatic carbocycles. The van der Waals surface area contributed by atoms with E-state index < -0.39 is 5.82 Å². The standard InChI is InChI=1S/C17H15FN4O2/c18-15-7-6-12(8-13(15)11-23)9-19-17(24)16-10-20-22(21-16)14-4-2-1-3-5-14/h1-8,10,23H,9,11H2,(H,19,24). The predicted octanol–water partition coefficient (Wildman–Crippen LogP) is 1.83. The summed E-state index contributed by atoms with van der Waals surface area (Å²) in [5.41, 5.74) is 1.81. The smallest absolute Gasteiger partial charge is 0.273 e. The third kappa shape index (κ3) is 3.47. The number of carbonyl (C=O) groups is 1. The molecule has 2 aromatic carbocycles. The van der Waals surface area contributed by atoms with Crippen LogP contribution in [0.1, 0.15) is 21.6 Å². The number of aliphatic hydroxyl groups is 1. The number of para-hydroxylation sites is 1. The van der Waals surface area contributed by atoms with Gasteiger partial charge in [-0.3, -0.25) is 4.79 Å². The van der Waals surface area contributed by atoms with Crippen molar-refractivity contribution < 1.29 is 14.3 Å². The normalized spacial score (nSPS) is 10.6. The van der Waals surface area contributed by atoms with Crippen LogP contribution in [0, 0.1) is 5.82 Å². The molecule has 6 nitrogen and oxygen atoms in total. The summed E-state index contributed by atoms with van der Waals surface area (Å²) in [5, 5.41) is 20.0. The van der Waals surface area contributed by atoms with Crippen LogP contribution in [-0.4, -0.2) is 26.0 Å². The maximum absolute atomic E-state index is 13.3. The number of benzene rings is 2. The van der Waals surface area contributed by atoms with Gasteiger partial charge in [0.25, 0.3) is 5.91 Å². The predicted molar refractivity (Wildman–Crippen MR) is 84.9 cm³/mol. The number of hydrogen-bond donors (Lipinski definition) is 2. The van der Waals surface area contributed by atoms with Crippen LogP contribution in [0.15, 0.2) is 54.7 Å². The van der Waals surface area contributed by atoms with Crippen LogP contribution < -0.4 is 5.32 Å². The first-order chi connectivity index (χ1) is 11.7. The number of amides is 1. The summed E-state index contributed by atoms with van der Waals surface area (Å²) in [4.78, 5) is 13.5. The number of carbonyl (C=O) groups excluding carboxylic acids is 1. The lowest BCUT2D eigenvalue weighted by molar-refractivity contribution is 0.0945. The van der Waals surface area contributed by atoms with Gasteiger partial charge in [-0.1, -0.05) is 24.3 Å². The van der Waals surface area contributed by atoms with Gasteiger partial charge in [0, 0.05) is 12.1 Å². The van der Waals surface area contributed by atoms with Crippen molar-refractivity contribution in [2.45, 2.75) is 13.2 Å². The Morgan fingerprint density at radius 3 is 2.75 bits per heavy atom. The summed E-state index contributed by atoms with van der Waals surface area (Å²) in [5.74, 6) is -0.856.